The van der Waals surface area contributed by atoms with E-state index in [1.54, 1.807) is 17.3 Å². The molecule has 5 rings (SSSR count). The van der Waals surface area contributed by atoms with Crippen LogP contribution in [0.1, 0.15) is 38.2 Å². The van der Waals surface area contributed by atoms with Crippen LogP contribution < -0.4 is 15.1 Å². The predicted octanol–water partition coefficient (Wildman–Crippen LogP) is 2.62. The molecule has 2 aliphatic rings. The molecule has 1 N–H and O–H groups in total. The number of pyridine rings is 1. The molecular weight excluding hydrogens is 430 g/mol. The molecule has 1 saturated heterocycles. The van der Waals surface area contributed by atoms with Gasteiger partial charge in [-0.3, -0.25) is 9.69 Å². The number of aromatic nitrogens is 5. The number of nitrogens with zero attached hydrogens (tertiary/aromatic N) is 8. The summed E-state index contributed by atoms with van der Waals surface area (Å²) >= 11 is 0. The van der Waals surface area contributed by atoms with Gasteiger partial charge in [0.05, 0.1) is 42.7 Å². The van der Waals surface area contributed by atoms with Crippen LogP contribution in [0.25, 0.3) is 0 Å². The lowest BCUT2D eigenvalue weighted by Crippen LogP contribution is -2.50. The Morgan fingerprint density at radius 1 is 1.06 bits per heavy atom. The maximum atomic E-state index is 12.5. The molecule has 178 valence electrons. The van der Waals surface area contributed by atoms with Crippen LogP contribution in [0.5, 0.6) is 0 Å². The largest absolute Gasteiger partial charge is 0.350 e. The van der Waals surface area contributed by atoms with Gasteiger partial charge >= 0.3 is 0 Å². The lowest BCUT2D eigenvalue weighted by Gasteiger charge is -2.33. The van der Waals surface area contributed by atoms with E-state index in [2.05, 4.69) is 55.4 Å². The van der Waals surface area contributed by atoms with Crippen LogP contribution in [0.2, 0.25) is 0 Å². The van der Waals surface area contributed by atoms with Crippen molar-refractivity contribution in [2.75, 3.05) is 47.8 Å². The molecular formula is C24H31N9O. The minimum atomic E-state index is 0.107. The van der Waals surface area contributed by atoms with Crippen molar-refractivity contribution in [3.05, 3.63) is 48.3 Å². The molecule has 34 heavy (non-hydrogen) atoms. The zero-order chi connectivity index (χ0) is 23.7. The van der Waals surface area contributed by atoms with Gasteiger partial charge in [-0.05, 0) is 38.6 Å². The molecule has 1 amide bonds. The highest BCUT2D eigenvalue weighted by Crippen LogP contribution is 2.25. The summed E-state index contributed by atoms with van der Waals surface area (Å²) in [4.78, 5) is 36.8. The van der Waals surface area contributed by atoms with E-state index in [-0.39, 0.29) is 5.91 Å². The second-order valence-corrected chi connectivity index (χ2v) is 8.99. The normalized spacial score (nSPS) is 16.8. The molecule has 1 fully saturated rings. The number of imidazole rings is 1. The number of anilines is 4. The third kappa shape index (κ3) is 4.45. The van der Waals surface area contributed by atoms with Crippen LogP contribution in [0, 0.1) is 0 Å². The third-order valence-electron chi connectivity index (χ3n) is 6.51. The monoisotopic (exact) mass is 461 g/mol. The first-order chi connectivity index (χ1) is 16.5. The number of carbonyl (C=O) groups excluding carboxylic acids is 1. The lowest BCUT2D eigenvalue weighted by molar-refractivity contribution is -0.121. The predicted molar refractivity (Wildman–Crippen MR) is 131 cm³/mol. The van der Waals surface area contributed by atoms with Gasteiger partial charge in [0.25, 0.3) is 0 Å². The topological polar surface area (TPSA) is 95.3 Å². The second kappa shape index (κ2) is 9.38. The van der Waals surface area contributed by atoms with Crippen molar-refractivity contribution in [2.24, 2.45) is 0 Å². The Kier molecular flexibility index (Phi) is 6.14. The zero-order valence-corrected chi connectivity index (χ0v) is 20.0. The molecule has 0 unspecified atom stereocenters. The molecule has 10 heteroatoms. The average molecular weight is 462 g/mol. The summed E-state index contributed by atoms with van der Waals surface area (Å²) in [5, 5.41) is 3.20. The molecule has 2 aliphatic heterocycles. The summed E-state index contributed by atoms with van der Waals surface area (Å²) in [5.74, 6) is 2.11. The van der Waals surface area contributed by atoms with Gasteiger partial charge in [-0.1, -0.05) is 6.92 Å². The number of fused-ring (bicyclic) bond motifs is 1. The highest BCUT2D eigenvalue weighted by molar-refractivity contribution is 5.95. The van der Waals surface area contributed by atoms with Crippen LogP contribution in [-0.4, -0.2) is 68.0 Å². The Morgan fingerprint density at radius 3 is 2.68 bits per heavy atom. The minimum absolute atomic E-state index is 0.107. The third-order valence-corrected chi connectivity index (χ3v) is 6.51. The van der Waals surface area contributed by atoms with Gasteiger partial charge in [-0.15, -0.1) is 0 Å². The van der Waals surface area contributed by atoms with Gasteiger partial charge in [-0.2, -0.15) is 4.98 Å². The van der Waals surface area contributed by atoms with Crippen molar-refractivity contribution in [3.8, 4) is 0 Å². The van der Waals surface area contributed by atoms with Crippen LogP contribution in [-0.2, 0) is 17.8 Å². The van der Waals surface area contributed by atoms with Crippen LogP contribution in [0.3, 0.4) is 0 Å². The number of amides is 1. The molecule has 3 aromatic rings. The fourth-order valence-electron chi connectivity index (χ4n) is 4.53. The van der Waals surface area contributed by atoms with E-state index in [9.17, 15) is 4.79 Å². The van der Waals surface area contributed by atoms with Crippen molar-refractivity contribution >= 4 is 29.2 Å². The number of hydrogen-bond donors (Lipinski definition) is 1. The molecule has 3 aromatic heterocycles. The van der Waals surface area contributed by atoms with Crippen molar-refractivity contribution in [3.63, 3.8) is 0 Å². The summed E-state index contributed by atoms with van der Waals surface area (Å²) in [6.07, 6.45) is 6.33. The van der Waals surface area contributed by atoms with E-state index < -0.39 is 0 Å². The smallest absolute Gasteiger partial charge is 0.241 e. The summed E-state index contributed by atoms with van der Waals surface area (Å²) in [7, 11) is 0. The fourth-order valence-corrected chi connectivity index (χ4v) is 4.53. The number of rotatable bonds is 6. The van der Waals surface area contributed by atoms with Crippen molar-refractivity contribution in [1.29, 1.82) is 0 Å². The quantitative estimate of drug-likeness (QED) is 0.599. The minimum Gasteiger partial charge on any atom is -0.350 e. The van der Waals surface area contributed by atoms with Crippen molar-refractivity contribution in [1.82, 2.24) is 29.4 Å². The van der Waals surface area contributed by atoms with Gasteiger partial charge < -0.3 is 19.7 Å². The molecule has 0 saturated carbocycles. The molecule has 0 radical (unpaired) electrons. The average Bonchev–Trinajstić information content (AvgIpc) is 3.28. The molecule has 10 nitrogen and oxygen atoms in total. The molecule has 0 aliphatic carbocycles. The first-order valence-corrected chi connectivity index (χ1v) is 11.9. The molecule has 0 bridgehead atoms. The van der Waals surface area contributed by atoms with Gasteiger partial charge in [0.2, 0.25) is 11.9 Å². The summed E-state index contributed by atoms with van der Waals surface area (Å²) in [6.45, 7) is 11.0. The number of hydrogen-bond acceptors (Lipinski definition) is 8. The lowest BCUT2D eigenvalue weighted by atomic mass is 10.1. The first kappa shape index (κ1) is 22.3. The Morgan fingerprint density at radius 2 is 1.94 bits per heavy atom. The molecule has 0 aromatic carbocycles. The van der Waals surface area contributed by atoms with E-state index in [4.69, 9.17) is 4.98 Å². The molecule has 0 spiro atoms. The second-order valence-electron chi connectivity index (χ2n) is 8.99. The number of nitrogens with one attached hydrogen (secondary N) is 1. The Labute approximate surface area is 199 Å². The summed E-state index contributed by atoms with van der Waals surface area (Å²) < 4.78 is 2.24. The van der Waals surface area contributed by atoms with Crippen LogP contribution in [0.4, 0.5) is 23.3 Å². The van der Waals surface area contributed by atoms with E-state index >= 15 is 0 Å². The Hall–Kier alpha value is -3.53. The van der Waals surface area contributed by atoms with Gasteiger partial charge in [0, 0.05) is 38.3 Å². The van der Waals surface area contributed by atoms with Gasteiger partial charge in [0.15, 0.2) is 0 Å². The number of likely N-dealkylation sites (N-methyl/N-ethyl adjacent to an activating group) is 1. The van der Waals surface area contributed by atoms with E-state index in [1.165, 1.54) is 11.4 Å². The maximum Gasteiger partial charge on any atom is 0.241 e. The molecule has 5 heterocycles. The SMILES string of the molecule is CCN1CCN(c2ccc(Nc3nccc(N4CCc5ncn(C(C)C)c5C4)n3)nc2)C(=O)C1. The van der Waals surface area contributed by atoms with Crippen molar-refractivity contribution in [2.45, 2.75) is 39.8 Å². The van der Waals surface area contributed by atoms with Gasteiger partial charge in [-0.25, -0.2) is 15.0 Å². The number of carbonyl (C=O) groups is 1. The highest BCUT2D eigenvalue weighted by Gasteiger charge is 2.25. The Balaban J connectivity index is 1.27. The summed E-state index contributed by atoms with van der Waals surface area (Å²) in [5.41, 5.74) is 3.24. The van der Waals surface area contributed by atoms with Crippen LogP contribution >= 0.6 is 0 Å². The molecule has 0 atom stereocenters. The van der Waals surface area contributed by atoms with E-state index in [0.29, 0.717) is 30.9 Å². The summed E-state index contributed by atoms with van der Waals surface area (Å²) in [6, 6.07) is 6.08. The van der Waals surface area contributed by atoms with Crippen molar-refractivity contribution < 1.29 is 4.79 Å². The zero-order valence-electron chi connectivity index (χ0n) is 20.0. The number of piperazine rings is 1. The van der Waals surface area contributed by atoms with E-state index in [0.717, 1.165) is 44.1 Å². The maximum absolute atomic E-state index is 12.5. The fraction of sp³-hybridized carbons (Fsp3) is 0.458. The van der Waals surface area contributed by atoms with Crippen LogP contribution in [0.15, 0.2) is 36.9 Å². The van der Waals surface area contributed by atoms with E-state index in [1.807, 2.05) is 24.5 Å². The van der Waals surface area contributed by atoms with Gasteiger partial charge in [0.1, 0.15) is 11.6 Å². The highest BCUT2D eigenvalue weighted by atomic mass is 16.2. The standard InChI is InChI=1S/C24H31N9O/c1-4-30-11-12-32(23(34)15-30)18-5-6-21(26-13-18)28-24-25-9-7-22(29-24)31-10-8-19-20(14-31)33(16-27-19)17(2)3/h5-7,9,13,16-17H,4,8,10-12,14-15H2,1-3H3,(H,25,26,28,29). The Bertz CT molecular complexity index is 1160. The first-order valence-electron chi connectivity index (χ1n) is 11.9.